The van der Waals surface area contributed by atoms with Gasteiger partial charge < -0.3 is 25.0 Å². The molecule has 4 aliphatic heterocycles. The molecule has 4 heterocycles. The third-order valence-electron chi connectivity index (χ3n) is 9.34. The lowest BCUT2D eigenvalue weighted by Crippen LogP contribution is -2.54. The topological polar surface area (TPSA) is 62.8 Å². The second-order valence-corrected chi connectivity index (χ2v) is 12.6. The molecule has 0 saturated carbocycles. The van der Waals surface area contributed by atoms with Crippen LogP contribution in [-0.2, 0) is 4.74 Å². The second kappa shape index (κ2) is 12.5. The highest BCUT2D eigenvalue weighted by molar-refractivity contribution is 6.30. The zero-order valence-electron chi connectivity index (χ0n) is 22.8. The highest BCUT2D eigenvalue weighted by Crippen LogP contribution is 2.37. The minimum atomic E-state index is -0.0280. The number of halogens is 1. The molecule has 1 unspecified atom stereocenters. The van der Waals surface area contributed by atoms with Crippen LogP contribution in [0.5, 0.6) is 5.75 Å². The molecule has 210 valence electrons. The van der Waals surface area contributed by atoms with E-state index < -0.39 is 0 Å². The Bertz CT molecular complexity index is 1070. The van der Waals surface area contributed by atoms with Gasteiger partial charge in [0.2, 0.25) is 0 Å². The van der Waals surface area contributed by atoms with Crippen molar-refractivity contribution in [3.05, 3.63) is 59.1 Å². The van der Waals surface area contributed by atoms with Crippen molar-refractivity contribution in [2.45, 2.75) is 81.9 Å². The Labute approximate surface area is 237 Å². The molecule has 4 aliphatic rings. The molecular formula is C32H42ClN3O3. The van der Waals surface area contributed by atoms with E-state index in [1.807, 2.05) is 41.3 Å². The zero-order valence-corrected chi connectivity index (χ0v) is 23.6. The number of amides is 2. The minimum Gasteiger partial charge on any atom is -0.490 e. The lowest BCUT2D eigenvalue weighted by molar-refractivity contribution is 0.0405. The van der Waals surface area contributed by atoms with E-state index in [9.17, 15) is 4.79 Å². The summed E-state index contributed by atoms with van der Waals surface area (Å²) in [6.45, 7) is 3.41. The predicted octanol–water partition coefficient (Wildman–Crippen LogP) is 6.85. The number of hydrogen-bond acceptors (Lipinski definition) is 4. The fourth-order valence-corrected chi connectivity index (χ4v) is 7.46. The lowest BCUT2D eigenvalue weighted by atomic mass is 9.75. The zero-order chi connectivity index (χ0) is 26.6. The highest BCUT2D eigenvalue weighted by atomic mass is 35.5. The van der Waals surface area contributed by atoms with Crippen molar-refractivity contribution in [1.82, 2.24) is 10.2 Å². The van der Waals surface area contributed by atoms with Gasteiger partial charge in [-0.15, -0.1) is 0 Å². The van der Waals surface area contributed by atoms with Crippen molar-refractivity contribution < 1.29 is 14.3 Å². The van der Waals surface area contributed by atoms with Crippen molar-refractivity contribution in [2.75, 3.05) is 31.6 Å². The smallest absolute Gasteiger partial charge is 0.321 e. The van der Waals surface area contributed by atoms with E-state index in [1.165, 1.54) is 37.7 Å². The Hall–Kier alpha value is -2.28. The summed E-state index contributed by atoms with van der Waals surface area (Å²) < 4.78 is 12.0. The van der Waals surface area contributed by atoms with Crippen LogP contribution < -0.4 is 15.4 Å². The number of likely N-dealkylation sites (tertiary alicyclic amines) is 1. The van der Waals surface area contributed by atoms with Gasteiger partial charge in [-0.3, -0.25) is 0 Å². The van der Waals surface area contributed by atoms with E-state index in [4.69, 9.17) is 21.1 Å². The Balaban J connectivity index is 0.943. The summed E-state index contributed by atoms with van der Waals surface area (Å²) in [7, 11) is 0. The van der Waals surface area contributed by atoms with Gasteiger partial charge in [0.05, 0.1) is 0 Å². The molecule has 0 aliphatic carbocycles. The van der Waals surface area contributed by atoms with Crippen molar-refractivity contribution >= 4 is 23.3 Å². The molecule has 7 heteroatoms. The molecule has 4 atom stereocenters. The second-order valence-electron chi connectivity index (χ2n) is 12.2. The summed E-state index contributed by atoms with van der Waals surface area (Å²) in [5.41, 5.74) is 2.12. The van der Waals surface area contributed by atoms with Crippen LogP contribution in [0.3, 0.4) is 0 Å². The molecule has 2 amide bonds. The number of benzene rings is 2. The monoisotopic (exact) mass is 551 g/mol. The van der Waals surface area contributed by atoms with Crippen molar-refractivity contribution in [3.8, 4) is 5.75 Å². The van der Waals surface area contributed by atoms with Gasteiger partial charge in [0, 0.05) is 49.1 Å². The van der Waals surface area contributed by atoms with Gasteiger partial charge in [-0.05, 0) is 118 Å². The van der Waals surface area contributed by atoms with Gasteiger partial charge in [-0.2, -0.15) is 0 Å². The molecule has 2 N–H and O–H groups in total. The minimum absolute atomic E-state index is 0.0280. The van der Waals surface area contributed by atoms with Gasteiger partial charge in [0.15, 0.2) is 0 Å². The van der Waals surface area contributed by atoms with Gasteiger partial charge in [0.25, 0.3) is 0 Å². The number of nitrogens with one attached hydrogen (secondary N) is 2. The number of rotatable bonds is 6. The number of carbonyl (C=O) groups excluding carboxylic acids is 1. The van der Waals surface area contributed by atoms with E-state index in [0.717, 1.165) is 80.3 Å². The predicted molar refractivity (Wildman–Crippen MR) is 156 cm³/mol. The van der Waals surface area contributed by atoms with Crippen molar-refractivity contribution in [1.29, 1.82) is 0 Å². The van der Waals surface area contributed by atoms with Crippen molar-refractivity contribution in [2.24, 2.45) is 11.8 Å². The maximum atomic E-state index is 12.9. The van der Waals surface area contributed by atoms with Crippen LogP contribution in [0.4, 0.5) is 10.5 Å². The van der Waals surface area contributed by atoms with Crippen LogP contribution >= 0.6 is 11.6 Å². The average molecular weight is 552 g/mol. The quantitative estimate of drug-likeness (QED) is 0.412. The van der Waals surface area contributed by atoms with Crippen LogP contribution in [0.2, 0.25) is 5.02 Å². The van der Waals surface area contributed by atoms with E-state index in [1.54, 1.807) is 0 Å². The molecular weight excluding hydrogens is 510 g/mol. The number of fused-ring (bicyclic) bond motifs is 2. The summed E-state index contributed by atoms with van der Waals surface area (Å²) in [5.74, 6) is 3.07. The summed E-state index contributed by atoms with van der Waals surface area (Å²) in [6, 6.07) is 17.1. The van der Waals surface area contributed by atoms with Crippen molar-refractivity contribution in [3.63, 3.8) is 0 Å². The van der Waals surface area contributed by atoms with Crippen LogP contribution in [-0.4, -0.2) is 55.4 Å². The van der Waals surface area contributed by atoms with Crippen LogP contribution in [0.15, 0.2) is 48.5 Å². The fraction of sp³-hybridized carbons (Fsp3) is 0.594. The first-order valence-corrected chi connectivity index (χ1v) is 15.4. The van der Waals surface area contributed by atoms with Crippen LogP contribution in [0.1, 0.15) is 69.3 Å². The molecule has 2 bridgehead atoms. The summed E-state index contributed by atoms with van der Waals surface area (Å²) in [5, 5.41) is 7.68. The summed E-state index contributed by atoms with van der Waals surface area (Å²) in [4.78, 5) is 14.8. The summed E-state index contributed by atoms with van der Waals surface area (Å²) >= 11 is 6.03. The van der Waals surface area contributed by atoms with Crippen LogP contribution in [0, 0.1) is 11.8 Å². The first-order valence-electron chi connectivity index (χ1n) is 15.0. The molecule has 0 aromatic heterocycles. The summed E-state index contributed by atoms with van der Waals surface area (Å²) in [6.07, 6.45) is 10.7. The van der Waals surface area contributed by atoms with Gasteiger partial charge in [0.1, 0.15) is 11.9 Å². The number of piperidine rings is 3. The molecule has 6 nitrogen and oxygen atoms in total. The first kappa shape index (κ1) is 26.9. The third kappa shape index (κ3) is 7.08. The normalized spacial score (nSPS) is 28.2. The largest absolute Gasteiger partial charge is 0.490 e. The molecule has 2 aromatic rings. The number of nitrogens with zero attached hydrogens (tertiary/aromatic N) is 1. The lowest BCUT2D eigenvalue weighted by Gasteiger charge is -2.44. The third-order valence-corrected chi connectivity index (χ3v) is 9.59. The number of urea groups is 1. The molecule has 2 aromatic carbocycles. The molecule has 4 fully saturated rings. The highest BCUT2D eigenvalue weighted by Gasteiger charge is 2.37. The SMILES string of the molecule is O=C(Nc1ccc(O[C@H]2C[C@H]3CC(CC4CCOCC4)C[C@@H](C2)N3)cc1)N1CCC(c2ccc(Cl)cc2)CC1. The van der Waals surface area contributed by atoms with E-state index in [2.05, 4.69) is 22.8 Å². The Morgan fingerprint density at radius 1 is 0.897 bits per heavy atom. The molecule has 39 heavy (non-hydrogen) atoms. The Kier molecular flexibility index (Phi) is 8.62. The number of anilines is 1. The number of carbonyl (C=O) groups is 1. The van der Waals surface area contributed by atoms with Gasteiger partial charge in [-0.1, -0.05) is 23.7 Å². The molecule has 4 saturated heterocycles. The van der Waals surface area contributed by atoms with E-state index in [-0.39, 0.29) is 12.1 Å². The fourth-order valence-electron chi connectivity index (χ4n) is 7.33. The molecule has 6 rings (SSSR count). The maximum absolute atomic E-state index is 12.9. The number of ether oxygens (including phenoxy) is 2. The van der Waals surface area contributed by atoms with E-state index in [0.29, 0.717) is 18.0 Å². The van der Waals surface area contributed by atoms with Gasteiger partial charge >= 0.3 is 6.03 Å². The van der Waals surface area contributed by atoms with Crippen LogP contribution in [0.25, 0.3) is 0 Å². The molecule has 0 spiro atoms. The first-order chi connectivity index (χ1) is 19.1. The van der Waals surface area contributed by atoms with E-state index >= 15 is 0 Å². The Morgan fingerprint density at radius 3 is 2.23 bits per heavy atom. The average Bonchev–Trinajstić information content (AvgIpc) is 2.95. The number of hydrogen-bond donors (Lipinski definition) is 2. The Morgan fingerprint density at radius 2 is 1.56 bits per heavy atom. The standard InChI is InChI=1S/C32H42ClN3O3/c33-26-3-1-24(2-4-26)25-9-13-36(14-10-25)32(37)35-27-5-7-30(8-6-27)39-31-20-28-18-23(19-29(21-31)34-28)17-22-11-15-38-16-12-22/h1-8,22-23,25,28-29,31,34H,9-21H2,(H,35,37)/t23?,28-,29+,31+. The molecule has 0 radical (unpaired) electrons. The maximum Gasteiger partial charge on any atom is 0.321 e. The van der Waals surface area contributed by atoms with Gasteiger partial charge in [-0.25, -0.2) is 4.79 Å².